The molecule has 0 aliphatic carbocycles. The van der Waals surface area contributed by atoms with Gasteiger partial charge in [-0.2, -0.15) is 18.3 Å². The molecule has 140 valence electrons. The third kappa shape index (κ3) is 3.45. The second-order valence-electron chi connectivity index (χ2n) is 7.09. The Hall–Kier alpha value is -1.09. The van der Waals surface area contributed by atoms with Gasteiger partial charge in [0.05, 0.1) is 10.2 Å². The van der Waals surface area contributed by atoms with Gasteiger partial charge in [0.25, 0.3) is 0 Å². The molecule has 0 spiro atoms. The van der Waals surface area contributed by atoms with Gasteiger partial charge in [0.2, 0.25) is 5.91 Å². The molecule has 1 aromatic rings. The van der Waals surface area contributed by atoms with Gasteiger partial charge in [-0.25, -0.2) is 0 Å². The van der Waals surface area contributed by atoms with Gasteiger partial charge in [0.15, 0.2) is 5.69 Å². The Morgan fingerprint density at radius 3 is 2.36 bits per heavy atom. The lowest BCUT2D eigenvalue weighted by Crippen LogP contribution is -2.50. The smallest absolute Gasteiger partial charge is 0.351 e. The van der Waals surface area contributed by atoms with Crippen LogP contribution in [-0.4, -0.2) is 45.8 Å². The number of amides is 1. The molecule has 2 aliphatic heterocycles. The summed E-state index contributed by atoms with van der Waals surface area (Å²) in [5.41, 5.74) is -0.708. The predicted molar refractivity (Wildman–Crippen MR) is 90.1 cm³/mol. The molecule has 1 N–H and O–H groups in total. The number of halogens is 4. The molecular formula is C16H22BrF3N4O. The fourth-order valence-corrected chi connectivity index (χ4v) is 4.50. The zero-order chi connectivity index (χ0) is 18.5. The average molecular weight is 423 g/mol. The van der Waals surface area contributed by atoms with E-state index in [-0.39, 0.29) is 16.4 Å². The number of rotatable bonds is 3. The second kappa shape index (κ2) is 6.57. The van der Waals surface area contributed by atoms with Gasteiger partial charge in [-0.1, -0.05) is 0 Å². The molecule has 2 bridgehead atoms. The first-order chi connectivity index (χ1) is 11.6. The Morgan fingerprint density at radius 1 is 1.32 bits per heavy atom. The minimum atomic E-state index is -4.56. The molecule has 25 heavy (non-hydrogen) atoms. The van der Waals surface area contributed by atoms with Crippen molar-refractivity contribution < 1.29 is 18.0 Å². The van der Waals surface area contributed by atoms with Crippen molar-refractivity contribution in [1.29, 1.82) is 0 Å². The molecule has 3 atom stereocenters. The Balaban J connectivity index is 1.71. The van der Waals surface area contributed by atoms with E-state index in [4.69, 9.17) is 0 Å². The highest BCUT2D eigenvalue weighted by atomic mass is 79.9. The highest BCUT2D eigenvalue weighted by Crippen LogP contribution is 2.37. The molecule has 9 heteroatoms. The maximum atomic E-state index is 13.0. The number of alkyl halides is 3. The summed E-state index contributed by atoms with van der Waals surface area (Å²) in [6, 6.07) is 0.239. The molecule has 2 aliphatic rings. The minimum Gasteiger partial charge on any atom is -0.351 e. The van der Waals surface area contributed by atoms with Crippen LogP contribution in [0, 0.1) is 6.92 Å². The molecule has 0 aromatic carbocycles. The quantitative estimate of drug-likeness (QED) is 0.812. The van der Waals surface area contributed by atoms with Crippen molar-refractivity contribution >= 4 is 21.8 Å². The molecule has 2 saturated heterocycles. The summed E-state index contributed by atoms with van der Waals surface area (Å²) in [5, 5.41) is 6.63. The van der Waals surface area contributed by atoms with E-state index >= 15 is 0 Å². The third-order valence-electron chi connectivity index (χ3n) is 5.54. The number of nitrogens with one attached hydrogen (secondary N) is 1. The SMILES string of the molecule is Cc1c(Br)c(C(F)(F)F)nn1C(C)C(=O)NC1CC2CCC(C1)N2C. The van der Waals surface area contributed by atoms with Crippen LogP contribution in [0.1, 0.15) is 50.0 Å². The van der Waals surface area contributed by atoms with Gasteiger partial charge in [-0.05, 0) is 62.5 Å². The molecule has 0 radical (unpaired) electrons. The largest absolute Gasteiger partial charge is 0.436 e. The summed E-state index contributed by atoms with van der Waals surface area (Å²) in [6.45, 7) is 3.09. The van der Waals surface area contributed by atoms with Crippen LogP contribution in [0.5, 0.6) is 0 Å². The number of nitrogens with zero attached hydrogens (tertiary/aromatic N) is 3. The Kier molecular flexibility index (Phi) is 4.91. The summed E-state index contributed by atoms with van der Waals surface area (Å²) in [5.74, 6) is -0.291. The van der Waals surface area contributed by atoms with Crippen LogP contribution in [0.15, 0.2) is 4.47 Å². The number of carbonyl (C=O) groups is 1. The van der Waals surface area contributed by atoms with E-state index in [1.54, 1.807) is 6.92 Å². The number of aromatic nitrogens is 2. The summed E-state index contributed by atoms with van der Waals surface area (Å²) in [6.07, 6.45) is -0.493. The normalized spacial score (nSPS) is 28.2. The predicted octanol–water partition coefficient (Wildman–Crippen LogP) is 3.28. The van der Waals surface area contributed by atoms with Crippen LogP contribution in [0.3, 0.4) is 0 Å². The average Bonchev–Trinajstić information content (AvgIpc) is 2.91. The van der Waals surface area contributed by atoms with E-state index in [0.717, 1.165) is 30.4 Å². The first-order valence-electron chi connectivity index (χ1n) is 8.43. The topological polar surface area (TPSA) is 50.2 Å². The highest BCUT2D eigenvalue weighted by molar-refractivity contribution is 9.10. The molecule has 1 aromatic heterocycles. The second-order valence-corrected chi connectivity index (χ2v) is 7.89. The van der Waals surface area contributed by atoms with Crippen LogP contribution in [0.4, 0.5) is 13.2 Å². The Bertz CT molecular complexity index is 661. The van der Waals surface area contributed by atoms with E-state index in [1.165, 1.54) is 6.92 Å². The van der Waals surface area contributed by atoms with Crippen molar-refractivity contribution in [3.63, 3.8) is 0 Å². The van der Waals surface area contributed by atoms with Crippen molar-refractivity contribution in [2.24, 2.45) is 0 Å². The molecule has 3 heterocycles. The van der Waals surface area contributed by atoms with Crippen LogP contribution in [-0.2, 0) is 11.0 Å². The lowest BCUT2D eigenvalue weighted by molar-refractivity contribution is -0.142. The summed E-state index contributed by atoms with van der Waals surface area (Å²) >= 11 is 2.94. The van der Waals surface area contributed by atoms with Gasteiger partial charge in [-0.15, -0.1) is 0 Å². The minimum absolute atomic E-state index is 0.0741. The van der Waals surface area contributed by atoms with Crippen LogP contribution >= 0.6 is 15.9 Å². The van der Waals surface area contributed by atoms with E-state index in [9.17, 15) is 18.0 Å². The first-order valence-corrected chi connectivity index (χ1v) is 9.23. The summed E-state index contributed by atoms with van der Waals surface area (Å²) in [7, 11) is 2.12. The monoisotopic (exact) mass is 422 g/mol. The van der Waals surface area contributed by atoms with Crippen LogP contribution in [0.2, 0.25) is 0 Å². The zero-order valence-electron chi connectivity index (χ0n) is 14.4. The molecule has 2 fully saturated rings. The summed E-state index contributed by atoms with van der Waals surface area (Å²) < 4.78 is 40.0. The van der Waals surface area contributed by atoms with Crippen molar-refractivity contribution in [2.75, 3.05) is 7.05 Å². The van der Waals surface area contributed by atoms with Crippen molar-refractivity contribution in [3.05, 3.63) is 15.9 Å². The van der Waals surface area contributed by atoms with E-state index in [0.29, 0.717) is 17.8 Å². The van der Waals surface area contributed by atoms with E-state index < -0.39 is 17.9 Å². The number of piperidine rings is 1. The maximum Gasteiger partial charge on any atom is 0.436 e. The number of hydrogen-bond acceptors (Lipinski definition) is 3. The molecular weight excluding hydrogens is 401 g/mol. The van der Waals surface area contributed by atoms with Crippen LogP contribution < -0.4 is 5.32 Å². The first kappa shape index (κ1) is 18.7. The van der Waals surface area contributed by atoms with Crippen molar-refractivity contribution in [3.8, 4) is 0 Å². The fourth-order valence-electron chi connectivity index (χ4n) is 4.02. The lowest BCUT2D eigenvalue weighted by Gasteiger charge is -2.37. The Morgan fingerprint density at radius 2 is 1.88 bits per heavy atom. The Labute approximate surface area is 153 Å². The van der Waals surface area contributed by atoms with Gasteiger partial charge >= 0.3 is 6.18 Å². The van der Waals surface area contributed by atoms with E-state index in [1.807, 2.05) is 0 Å². The zero-order valence-corrected chi connectivity index (χ0v) is 16.0. The third-order valence-corrected chi connectivity index (χ3v) is 6.49. The van der Waals surface area contributed by atoms with Crippen LogP contribution in [0.25, 0.3) is 0 Å². The van der Waals surface area contributed by atoms with Gasteiger partial charge in [0.1, 0.15) is 6.04 Å². The maximum absolute atomic E-state index is 13.0. The molecule has 0 saturated carbocycles. The van der Waals surface area contributed by atoms with Gasteiger partial charge in [-0.3, -0.25) is 9.48 Å². The molecule has 1 amide bonds. The molecule has 5 nitrogen and oxygen atoms in total. The van der Waals surface area contributed by atoms with Crippen molar-refractivity contribution in [2.45, 2.75) is 69.9 Å². The van der Waals surface area contributed by atoms with E-state index in [2.05, 4.69) is 38.3 Å². The molecule has 3 rings (SSSR count). The highest BCUT2D eigenvalue weighted by Gasteiger charge is 2.41. The number of carbonyl (C=O) groups excluding carboxylic acids is 1. The fraction of sp³-hybridized carbons (Fsp3) is 0.750. The number of fused-ring (bicyclic) bond motifs is 2. The van der Waals surface area contributed by atoms with Gasteiger partial charge < -0.3 is 10.2 Å². The van der Waals surface area contributed by atoms with Crippen molar-refractivity contribution in [1.82, 2.24) is 20.0 Å². The number of hydrogen-bond donors (Lipinski definition) is 1. The summed E-state index contributed by atoms with van der Waals surface area (Å²) in [4.78, 5) is 14.9. The van der Waals surface area contributed by atoms with Gasteiger partial charge in [0, 0.05) is 18.1 Å². The standard InChI is InChI=1S/C16H22BrF3N4O/c1-8-13(17)14(16(18,19)20)22-24(8)9(2)15(25)21-10-6-11-4-5-12(7-10)23(11)3/h9-12H,4-7H2,1-3H3,(H,21,25). The lowest BCUT2D eigenvalue weighted by atomic mass is 9.98. The molecule has 3 unspecified atom stereocenters.